The Morgan fingerprint density at radius 2 is 2.21 bits per heavy atom. The second-order valence-electron chi connectivity index (χ2n) is 4.58. The van der Waals surface area contributed by atoms with Crippen molar-refractivity contribution >= 4 is 0 Å². The summed E-state index contributed by atoms with van der Waals surface area (Å²) in [5, 5.41) is 9.69. The summed E-state index contributed by atoms with van der Waals surface area (Å²) < 4.78 is 7.70. The maximum atomic E-state index is 9.69. The van der Waals surface area contributed by atoms with E-state index in [9.17, 15) is 5.11 Å². The second kappa shape index (κ2) is 5.89. The zero-order valence-corrected chi connectivity index (χ0v) is 11.6. The van der Waals surface area contributed by atoms with Gasteiger partial charge in [-0.25, -0.2) is 4.98 Å². The van der Waals surface area contributed by atoms with Crippen molar-refractivity contribution in [3.05, 3.63) is 47.5 Å². The lowest BCUT2D eigenvalue weighted by atomic mass is 10.1. The molecular formula is C15H20N2O2. The topological polar surface area (TPSA) is 47.3 Å². The van der Waals surface area contributed by atoms with Crippen LogP contribution >= 0.6 is 0 Å². The predicted molar refractivity (Wildman–Crippen MR) is 74.3 cm³/mol. The highest BCUT2D eigenvalue weighted by atomic mass is 16.5. The Labute approximate surface area is 113 Å². The van der Waals surface area contributed by atoms with Crippen LogP contribution in [0.4, 0.5) is 0 Å². The fraction of sp³-hybridized carbons (Fsp3) is 0.400. The van der Waals surface area contributed by atoms with Crippen LogP contribution in [0.5, 0.6) is 5.75 Å². The Hall–Kier alpha value is -1.81. The van der Waals surface area contributed by atoms with E-state index in [2.05, 4.69) is 9.55 Å². The van der Waals surface area contributed by atoms with Gasteiger partial charge >= 0.3 is 0 Å². The number of aryl methyl sites for hydroxylation is 1. The third-order valence-electron chi connectivity index (χ3n) is 3.13. The van der Waals surface area contributed by atoms with Crippen molar-refractivity contribution in [3.63, 3.8) is 0 Å². The van der Waals surface area contributed by atoms with Crippen molar-refractivity contribution in [1.29, 1.82) is 0 Å². The van der Waals surface area contributed by atoms with Gasteiger partial charge in [0.25, 0.3) is 0 Å². The molecule has 2 aromatic rings. The molecule has 1 N–H and O–H groups in total. The van der Waals surface area contributed by atoms with Gasteiger partial charge in [0.15, 0.2) is 0 Å². The average molecular weight is 260 g/mol. The number of hydrogen-bond acceptors (Lipinski definition) is 3. The lowest BCUT2D eigenvalue weighted by Crippen LogP contribution is -2.05. The summed E-state index contributed by atoms with van der Waals surface area (Å²) in [6, 6.07) is 5.82. The van der Waals surface area contributed by atoms with Gasteiger partial charge in [-0.1, -0.05) is 6.07 Å². The molecule has 0 amide bonds. The molecule has 102 valence electrons. The second-order valence-corrected chi connectivity index (χ2v) is 4.58. The molecule has 1 heterocycles. The van der Waals surface area contributed by atoms with Crippen LogP contribution in [0, 0.1) is 6.92 Å². The summed E-state index contributed by atoms with van der Waals surface area (Å²) in [5.74, 6) is 1.82. The molecule has 0 bridgehead atoms. The average Bonchev–Trinajstić information content (AvgIpc) is 2.77. The Kier molecular flexibility index (Phi) is 4.22. The normalized spacial score (nSPS) is 12.4. The van der Waals surface area contributed by atoms with Crippen LogP contribution in [0.25, 0.3) is 0 Å². The van der Waals surface area contributed by atoms with Gasteiger partial charge in [-0.2, -0.15) is 0 Å². The molecule has 0 fully saturated rings. The molecule has 0 aliphatic heterocycles. The minimum atomic E-state index is -0.474. The smallest absolute Gasteiger partial charge is 0.124 e. The van der Waals surface area contributed by atoms with E-state index in [0.29, 0.717) is 13.2 Å². The number of hydrogen-bond donors (Lipinski definition) is 1. The van der Waals surface area contributed by atoms with E-state index in [0.717, 1.165) is 22.7 Å². The van der Waals surface area contributed by atoms with E-state index >= 15 is 0 Å². The van der Waals surface area contributed by atoms with Crippen LogP contribution in [0.2, 0.25) is 0 Å². The van der Waals surface area contributed by atoms with Gasteiger partial charge < -0.3 is 14.4 Å². The summed E-state index contributed by atoms with van der Waals surface area (Å²) in [5.41, 5.74) is 1.96. The zero-order valence-electron chi connectivity index (χ0n) is 11.6. The van der Waals surface area contributed by atoms with Gasteiger partial charge in [-0.3, -0.25) is 0 Å². The molecule has 4 heteroatoms. The first-order chi connectivity index (χ1) is 9.11. The lowest BCUT2D eigenvalue weighted by Gasteiger charge is -2.14. The predicted octanol–water partition coefficient (Wildman–Crippen LogP) is 2.69. The first-order valence-electron chi connectivity index (χ1n) is 6.53. The third kappa shape index (κ3) is 3.15. The Balaban J connectivity index is 2.34. The maximum absolute atomic E-state index is 9.69. The molecule has 0 saturated heterocycles. The van der Waals surface area contributed by atoms with Crippen LogP contribution in [0.1, 0.15) is 36.9 Å². The van der Waals surface area contributed by atoms with Crippen LogP contribution < -0.4 is 4.74 Å². The van der Waals surface area contributed by atoms with Crippen LogP contribution in [0.15, 0.2) is 30.6 Å². The molecule has 1 atom stereocenters. The van der Waals surface area contributed by atoms with Crippen molar-refractivity contribution in [2.45, 2.75) is 33.4 Å². The monoisotopic (exact) mass is 260 g/mol. The Morgan fingerprint density at radius 1 is 1.42 bits per heavy atom. The van der Waals surface area contributed by atoms with Crippen molar-refractivity contribution in [1.82, 2.24) is 9.55 Å². The Morgan fingerprint density at radius 3 is 2.79 bits per heavy atom. The number of rotatable bonds is 5. The number of imidazole rings is 1. The van der Waals surface area contributed by atoms with E-state index in [1.54, 1.807) is 13.1 Å². The van der Waals surface area contributed by atoms with Crippen molar-refractivity contribution in [2.75, 3.05) is 6.61 Å². The lowest BCUT2D eigenvalue weighted by molar-refractivity contribution is 0.199. The van der Waals surface area contributed by atoms with Crippen molar-refractivity contribution in [3.8, 4) is 5.75 Å². The number of aliphatic hydroxyl groups is 1. The quantitative estimate of drug-likeness (QED) is 0.899. The summed E-state index contributed by atoms with van der Waals surface area (Å²) in [4.78, 5) is 4.22. The zero-order chi connectivity index (χ0) is 13.8. The van der Waals surface area contributed by atoms with E-state index in [1.165, 1.54) is 0 Å². The standard InChI is InChI=1S/C15H20N2O2/c1-4-19-15-6-5-13(11(2)18)9-14(15)10-17-8-7-16-12(17)3/h5-9,11,18H,4,10H2,1-3H3. The summed E-state index contributed by atoms with van der Waals surface area (Å²) in [7, 11) is 0. The van der Waals surface area contributed by atoms with E-state index in [1.807, 2.05) is 38.2 Å². The summed E-state index contributed by atoms with van der Waals surface area (Å²) >= 11 is 0. The van der Waals surface area contributed by atoms with Gasteiger partial charge in [-0.15, -0.1) is 0 Å². The molecule has 0 aliphatic rings. The molecule has 0 radical (unpaired) electrons. The van der Waals surface area contributed by atoms with Crippen LogP contribution in [-0.2, 0) is 6.54 Å². The van der Waals surface area contributed by atoms with Crippen molar-refractivity contribution in [2.24, 2.45) is 0 Å². The minimum absolute atomic E-state index is 0.474. The Bertz CT molecular complexity index is 547. The molecule has 0 spiro atoms. The number of aromatic nitrogens is 2. The van der Waals surface area contributed by atoms with E-state index < -0.39 is 6.10 Å². The van der Waals surface area contributed by atoms with Gasteiger partial charge in [0, 0.05) is 18.0 Å². The van der Waals surface area contributed by atoms with Crippen LogP contribution in [-0.4, -0.2) is 21.3 Å². The highest BCUT2D eigenvalue weighted by Gasteiger charge is 2.09. The molecule has 0 saturated carbocycles. The highest BCUT2D eigenvalue weighted by molar-refractivity contribution is 5.38. The highest BCUT2D eigenvalue weighted by Crippen LogP contribution is 2.24. The largest absolute Gasteiger partial charge is 0.494 e. The molecule has 1 aromatic carbocycles. The number of ether oxygens (including phenoxy) is 1. The fourth-order valence-electron chi connectivity index (χ4n) is 2.03. The fourth-order valence-corrected chi connectivity index (χ4v) is 2.03. The van der Waals surface area contributed by atoms with Gasteiger partial charge in [-0.05, 0) is 38.5 Å². The molecular weight excluding hydrogens is 240 g/mol. The molecule has 1 unspecified atom stereocenters. The number of benzene rings is 1. The maximum Gasteiger partial charge on any atom is 0.124 e. The van der Waals surface area contributed by atoms with E-state index in [-0.39, 0.29) is 0 Å². The molecule has 0 aliphatic carbocycles. The molecule has 19 heavy (non-hydrogen) atoms. The molecule has 2 rings (SSSR count). The molecule has 4 nitrogen and oxygen atoms in total. The SMILES string of the molecule is CCOc1ccc(C(C)O)cc1Cn1ccnc1C. The van der Waals surface area contributed by atoms with Crippen LogP contribution in [0.3, 0.4) is 0 Å². The third-order valence-corrected chi connectivity index (χ3v) is 3.13. The minimum Gasteiger partial charge on any atom is -0.494 e. The van der Waals surface area contributed by atoms with Gasteiger partial charge in [0.2, 0.25) is 0 Å². The van der Waals surface area contributed by atoms with Gasteiger partial charge in [0.05, 0.1) is 19.3 Å². The first-order valence-corrected chi connectivity index (χ1v) is 6.53. The van der Waals surface area contributed by atoms with E-state index in [4.69, 9.17) is 4.74 Å². The first kappa shape index (κ1) is 13.6. The number of nitrogens with zero attached hydrogens (tertiary/aromatic N) is 2. The number of aliphatic hydroxyl groups excluding tert-OH is 1. The summed E-state index contributed by atoms with van der Waals surface area (Å²) in [6.07, 6.45) is 3.26. The summed E-state index contributed by atoms with van der Waals surface area (Å²) in [6.45, 7) is 7.03. The van der Waals surface area contributed by atoms with Gasteiger partial charge in [0.1, 0.15) is 11.6 Å². The van der Waals surface area contributed by atoms with Crippen molar-refractivity contribution < 1.29 is 9.84 Å². The molecule has 1 aromatic heterocycles.